The molecule has 14 heteroatoms. The van der Waals surface area contributed by atoms with Crippen LogP contribution in [-0.4, -0.2) is 48.0 Å². The number of amides is 2. The molecule has 0 bridgehead atoms. The number of aryl methyl sites for hydroxylation is 2. The molecule has 11 nitrogen and oxygen atoms in total. The Hall–Kier alpha value is -2.58. The van der Waals surface area contributed by atoms with E-state index in [-0.39, 0.29) is 16.7 Å². The second-order valence-electron chi connectivity index (χ2n) is 5.72. The number of carbonyl (C=O) groups excluding carboxylic acids is 1. The molecule has 3 aromatic heterocycles. The molecule has 0 aromatic carbocycles. The molecule has 0 aliphatic heterocycles. The number of sulfone groups is 1. The second kappa shape index (κ2) is 7.10. The van der Waals surface area contributed by atoms with E-state index in [2.05, 4.69) is 20.3 Å². The van der Waals surface area contributed by atoms with Crippen molar-refractivity contribution in [2.45, 2.75) is 30.8 Å². The van der Waals surface area contributed by atoms with Crippen LogP contribution in [0.1, 0.15) is 18.3 Å². The molecule has 2 amide bonds. The van der Waals surface area contributed by atoms with Gasteiger partial charge in [0.05, 0.1) is 5.75 Å². The average Bonchev–Trinajstić information content (AvgIpc) is 3.13. The molecule has 28 heavy (non-hydrogen) atoms. The summed E-state index contributed by atoms with van der Waals surface area (Å²) in [5.41, 5.74) is 1.16. The highest BCUT2D eigenvalue weighted by Crippen LogP contribution is 2.26. The lowest BCUT2D eigenvalue weighted by molar-refractivity contribution is 0.256. The number of sulfonamides is 1. The number of hydrogen-bond acceptors (Lipinski definition) is 9. The van der Waals surface area contributed by atoms with Crippen LogP contribution in [0.25, 0.3) is 4.96 Å². The zero-order chi connectivity index (χ0) is 20.7. The molecule has 3 heterocycles. The number of carbonyl (C=O) groups is 1. The number of nitrogens with one attached hydrogen (secondary N) is 2. The first-order chi connectivity index (χ1) is 13.0. The topological polar surface area (TPSA) is 152 Å². The number of anilines is 1. The highest BCUT2D eigenvalue weighted by atomic mass is 32.2. The van der Waals surface area contributed by atoms with E-state index >= 15 is 0 Å². The molecule has 0 atom stereocenters. The van der Waals surface area contributed by atoms with Crippen LogP contribution in [0.3, 0.4) is 0 Å². The van der Waals surface area contributed by atoms with Gasteiger partial charge in [-0.05, 0) is 19.9 Å². The average molecular weight is 445 g/mol. The van der Waals surface area contributed by atoms with Crippen molar-refractivity contribution in [3.05, 3.63) is 29.0 Å². The molecule has 0 radical (unpaired) electrons. The van der Waals surface area contributed by atoms with Gasteiger partial charge in [-0.1, -0.05) is 6.92 Å². The minimum atomic E-state index is -4.57. The Labute approximate surface area is 164 Å². The molecule has 3 rings (SSSR count). The number of fused-ring (bicyclic) bond motifs is 1. The number of thiazole rings is 1. The quantitative estimate of drug-likeness (QED) is 0.593. The van der Waals surface area contributed by atoms with Crippen molar-refractivity contribution in [1.82, 2.24) is 24.1 Å². The Kier molecular flexibility index (Phi) is 5.12. The van der Waals surface area contributed by atoms with E-state index in [1.54, 1.807) is 30.0 Å². The molecule has 150 valence electrons. The van der Waals surface area contributed by atoms with E-state index in [9.17, 15) is 21.6 Å². The summed E-state index contributed by atoms with van der Waals surface area (Å²) in [5, 5.41) is 2.55. The molecule has 0 unspecified atom stereocenters. The number of rotatable bonds is 5. The van der Waals surface area contributed by atoms with Gasteiger partial charge in [-0.15, -0.1) is 11.3 Å². The molecule has 0 saturated carbocycles. The van der Waals surface area contributed by atoms with Crippen LogP contribution in [0, 0.1) is 13.8 Å². The summed E-state index contributed by atoms with van der Waals surface area (Å²) < 4.78 is 53.1. The Morgan fingerprint density at radius 1 is 1.14 bits per heavy atom. The van der Waals surface area contributed by atoms with Gasteiger partial charge in [-0.25, -0.2) is 32.9 Å². The normalized spacial score (nSPS) is 12.2. The van der Waals surface area contributed by atoms with Crippen LogP contribution in [0.15, 0.2) is 27.7 Å². The smallest absolute Gasteiger partial charge is 0.278 e. The SMILES string of the molecule is CCS(=O)(=O)c1nc2sccn2c1S(=O)(=O)NC(=O)Nc1nc(C)cc(C)n1. The summed E-state index contributed by atoms with van der Waals surface area (Å²) in [6.45, 7) is 4.75. The molecular formula is C14H16N6O5S3. The molecule has 0 aliphatic rings. The lowest BCUT2D eigenvalue weighted by Gasteiger charge is -2.09. The van der Waals surface area contributed by atoms with Crippen molar-refractivity contribution in [1.29, 1.82) is 0 Å². The third-order valence-electron chi connectivity index (χ3n) is 3.55. The van der Waals surface area contributed by atoms with Crippen molar-refractivity contribution < 1.29 is 21.6 Å². The van der Waals surface area contributed by atoms with E-state index in [0.717, 1.165) is 15.7 Å². The fourth-order valence-electron chi connectivity index (χ4n) is 2.41. The standard InChI is InChI=1S/C14H16N6O5S3/c1-4-27(22,23)10-11(20-5-6-26-14(20)17-10)28(24,25)19-13(21)18-12-15-8(2)7-9(3)16-12/h5-7H,4H2,1-3H3,(H2,15,16,18,19,21). The van der Waals surface area contributed by atoms with Gasteiger partial charge in [-0.2, -0.15) is 8.42 Å². The molecule has 3 aromatic rings. The summed E-state index contributed by atoms with van der Waals surface area (Å²) in [5.74, 6) is -0.427. The summed E-state index contributed by atoms with van der Waals surface area (Å²) in [4.78, 5) is 24.3. The maximum Gasteiger partial charge on any atom is 0.335 e. The fourth-order valence-corrected chi connectivity index (χ4v) is 5.88. The molecule has 0 saturated heterocycles. The zero-order valence-electron chi connectivity index (χ0n) is 15.0. The van der Waals surface area contributed by atoms with Crippen molar-refractivity contribution in [2.75, 3.05) is 11.1 Å². The first kappa shape index (κ1) is 20.2. The van der Waals surface area contributed by atoms with Crippen LogP contribution in [-0.2, 0) is 19.9 Å². The number of hydrogen-bond donors (Lipinski definition) is 2. The van der Waals surface area contributed by atoms with E-state index in [4.69, 9.17) is 0 Å². The van der Waals surface area contributed by atoms with Gasteiger partial charge in [0.25, 0.3) is 10.0 Å². The van der Waals surface area contributed by atoms with Crippen molar-refractivity contribution in [3.63, 3.8) is 0 Å². The van der Waals surface area contributed by atoms with Crippen molar-refractivity contribution >= 4 is 48.1 Å². The van der Waals surface area contributed by atoms with Gasteiger partial charge >= 0.3 is 6.03 Å². The predicted octanol–water partition coefficient (Wildman–Crippen LogP) is 1.11. The number of urea groups is 1. The third-order valence-corrected chi connectivity index (χ3v) is 7.43. The minimum absolute atomic E-state index is 0.0828. The van der Waals surface area contributed by atoms with Crippen molar-refractivity contribution in [2.24, 2.45) is 0 Å². The third kappa shape index (κ3) is 3.83. The fraction of sp³-hybridized carbons (Fsp3) is 0.286. The second-order valence-corrected chi connectivity index (χ2v) is 10.4. The van der Waals surface area contributed by atoms with Crippen LogP contribution in [0.2, 0.25) is 0 Å². The highest BCUT2D eigenvalue weighted by Gasteiger charge is 2.33. The van der Waals surface area contributed by atoms with Gasteiger partial charge in [0, 0.05) is 23.0 Å². The summed E-state index contributed by atoms with van der Waals surface area (Å²) >= 11 is 1.06. The summed E-state index contributed by atoms with van der Waals surface area (Å²) in [6, 6.07) is 0.552. The molecule has 0 aliphatic carbocycles. The Morgan fingerprint density at radius 2 is 1.79 bits per heavy atom. The monoisotopic (exact) mass is 444 g/mol. The number of imidazole rings is 1. The molecule has 0 fully saturated rings. The largest absolute Gasteiger partial charge is 0.335 e. The van der Waals surface area contributed by atoms with Gasteiger partial charge < -0.3 is 0 Å². The first-order valence-corrected chi connectivity index (χ1v) is 11.9. The molecular weight excluding hydrogens is 428 g/mol. The van der Waals surface area contributed by atoms with Crippen molar-refractivity contribution in [3.8, 4) is 0 Å². The van der Waals surface area contributed by atoms with E-state index in [1.807, 2.05) is 0 Å². The van der Waals surface area contributed by atoms with Gasteiger partial charge in [-0.3, -0.25) is 9.72 Å². The lowest BCUT2D eigenvalue weighted by Crippen LogP contribution is -2.36. The van der Waals surface area contributed by atoms with Gasteiger partial charge in [0.2, 0.25) is 5.95 Å². The number of nitrogens with zero attached hydrogens (tertiary/aromatic N) is 4. The first-order valence-electron chi connectivity index (χ1n) is 7.88. The van der Waals surface area contributed by atoms with Crippen LogP contribution in [0.4, 0.5) is 10.7 Å². The molecule has 2 N–H and O–H groups in total. The Morgan fingerprint density at radius 3 is 2.39 bits per heavy atom. The predicted molar refractivity (Wildman–Crippen MR) is 102 cm³/mol. The maximum atomic E-state index is 12.8. The molecule has 0 spiro atoms. The van der Waals surface area contributed by atoms with Crippen LogP contribution >= 0.6 is 11.3 Å². The van der Waals surface area contributed by atoms with Crippen LogP contribution < -0.4 is 10.0 Å². The maximum absolute atomic E-state index is 12.8. The van der Waals surface area contributed by atoms with Gasteiger partial charge in [0.1, 0.15) is 0 Å². The number of aromatic nitrogens is 4. The van der Waals surface area contributed by atoms with Gasteiger partial charge in [0.15, 0.2) is 24.9 Å². The van der Waals surface area contributed by atoms with Crippen LogP contribution in [0.5, 0.6) is 0 Å². The van der Waals surface area contributed by atoms with E-state index in [1.165, 1.54) is 13.1 Å². The lowest BCUT2D eigenvalue weighted by atomic mass is 10.4. The Balaban J connectivity index is 1.98. The Bertz CT molecular complexity index is 1260. The van der Waals surface area contributed by atoms with E-state index < -0.39 is 35.9 Å². The summed E-state index contributed by atoms with van der Waals surface area (Å²) in [6.07, 6.45) is 1.36. The minimum Gasteiger partial charge on any atom is -0.278 e. The summed E-state index contributed by atoms with van der Waals surface area (Å²) in [7, 11) is -8.52. The zero-order valence-corrected chi connectivity index (χ0v) is 17.4. The highest BCUT2D eigenvalue weighted by molar-refractivity contribution is 7.93. The van der Waals surface area contributed by atoms with E-state index in [0.29, 0.717) is 11.4 Å².